The van der Waals surface area contributed by atoms with Crippen LogP contribution in [0.25, 0.3) is 0 Å². The van der Waals surface area contributed by atoms with Gasteiger partial charge in [-0.25, -0.2) is 0 Å². The lowest BCUT2D eigenvalue weighted by atomic mass is 10.2. The van der Waals surface area contributed by atoms with E-state index in [1.165, 1.54) is 31.2 Å². The topological polar surface area (TPSA) is 45.7 Å². The molecular formula is C16H25N3O. The van der Waals surface area contributed by atoms with Crippen LogP contribution in [0.3, 0.4) is 0 Å². The molecule has 2 N–H and O–H groups in total. The summed E-state index contributed by atoms with van der Waals surface area (Å²) in [5, 5.41) is 6.75. The van der Waals surface area contributed by atoms with Gasteiger partial charge in [-0.05, 0) is 37.5 Å². The minimum absolute atomic E-state index is 0.582. The Bertz CT molecular complexity index is 439. The van der Waals surface area contributed by atoms with E-state index < -0.39 is 0 Å². The van der Waals surface area contributed by atoms with Crippen molar-refractivity contribution in [3.8, 4) is 5.75 Å². The Kier molecular flexibility index (Phi) is 5.71. The highest BCUT2D eigenvalue weighted by Gasteiger charge is 2.15. The predicted molar refractivity (Wildman–Crippen MR) is 83.4 cm³/mol. The van der Waals surface area contributed by atoms with E-state index in [0.717, 1.165) is 18.3 Å². The summed E-state index contributed by atoms with van der Waals surface area (Å²) >= 11 is 0. The van der Waals surface area contributed by atoms with Gasteiger partial charge < -0.3 is 15.4 Å². The van der Waals surface area contributed by atoms with Crippen LogP contribution in [0.15, 0.2) is 29.3 Å². The zero-order valence-corrected chi connectivity index (χ0v) is 12.5. The molecule has 1 fully saturated rings. The average Bonchev–Trinajstić information content (AvgIpc) is 2.95. The molecule has 0 saturated heterocycles. The summed E-state index contributed by atoms with van der Waals surface area (Å²) in [7, 11) is 1.81. The van der Waals surface area contributed by atoms with Gasteiger partial charge in [-0.2, -0.15) is 0 Å². The molecule has 1 aliphatic carbocycles. The lowest BCUT2D eigenvalue weighted by Crippen LogP contribution is -2.43. The van der Waals surface area contributed by atoms with E-state index in [9.17, 15) is 0 Å². The summed E-state index contributed by atoms with van der Waals surface area (Å²) in [6, 6.07) is 8.69. The summed E-state index contributed by atoms with van der Waals surface area (Å²) in [6.07, 6.45) is 5.15. The van der Waals surface area contributed by atoms with Crippen LogP contribution >= 0.6 is 0 Å². The fourth-order valence-corrected chi connectivity index (χ4v) is 2.50. The van der Waals surface area contributed by atoms with E-state index in [4.69, 9.17) is 4.74 Å². The molecule has 0 radical (unpaired) electrons. The normalized spacial score (nSPS) is 16.2. The van der Waals surface area contributed by atoms with Crippen LogP contribution in [-0.2, 0) is 0 Å². The zero-order valence-electron chi connectivity index (χ0n) is 12.5. The molecule has 1 saturated carbocycles. The van der Waals surface area contributed by atoms with E-state index in [0.29, 0.717) is 12.6 Å². The lowest BCUT2D eigenvalue weighted by Gasteiger charge is -2.17. The fraction of sp³-hybridized carbons (Fsp3) is 0.562. The maximum absolute atomic E-state index is 5.71. The fourth-order valence-electron chi connectivity index (χ4n) is 2.50. The molecule has 0 atom stereocenters. The first kappa shape index (κ1) is 14.7. The second-order valence-electron chi connectivity index (χ2n) is 5.29. The van der Waals surface area contributed by atoms with Gasteiger partial charge in [0.05, 0.1) is 6.54 Å². The van der Waals surface area contributed by atoms with Crippen LogP contribution < -0.4 is 15.4 Å². The molecule has 2 rings (SSSR count). The van der Waals surface area contributed by atoms with Gasteiger partial charge in [-0.3, -0.25) is 4.99 Å². The van der Waals surface area contributed by atoms with Crippen LogP contribution in [0, 0.1) is 6.92 Å². The monoisotopic (exact) mass is 275 g/mol. The summed E-state index contributed by atoms with van der Waals surface area (Å²) in [6.45, 7) is 3.45. The van der Waals surface area contributed by atoms with Crippen LogP contribution in [0.4, 0.5) is 0 Å². The van der Waals surface area contributed by atoms with Gasteiger partial charge in [0.25, 0.3) is 0 Å². The minimum Gasteiger partial charge on any atom is -0.492 e. The Balaban J connectivity index is 1.66. The molecule has 20 heavy (non-hydrogen) atoms. The van der Waals surface area contributed by atoms with Crippen molar-refractivity contribution in [2.24, 2.45) is 4.99 Å². The summed E-state index contributed by atoms with van der Waals surface area (Å²) in [5.74, 6) is 1.80. The second-order valence-corrected chi connectivity index (χ2v) is 5.29. The number of aliphatic imine (C=N–C) groups is 1. The highest BCUT2D eigenvalue weighted by Crippen LogP contribution is 2.17. The number of guanidine groups is 1. The number of hydrogen-bond donors (Lipinski definition) is 2. The first-order valence-corrected chi connectivity index (χ1v) is 7.44. The molecule has 0 amide bonds. The number of ether oxygens (including phenoxy) is 1. The number of nitrogens with one attached hydrogen (secondary N) is 2. The first-order valence-electron chi connectivity index (χ1n) is 7.44. The minimum atomic E-state index is 0.582. The van der Waals surface area contributed by atoms with Crippen molar-refractivity contribution in [2.45, 2.75) is 38.6 Å². The molecule has 1 aromatic carbocycles. The standard InChI is InChI=1S/C16H25N3O/c1-13-6-5-9-15(12-13)20-11-10-18-16(17-2)19-14-7-3-4-8-14/h5-6,9,12,14H,3-4,7-8,10-11H2,1-2H3,(H2,17,18,19). The quantitative estimate of drug-likeness (QED) is 0.493. The highest BCUT2D eigenvalue weighted by molar-refractivity contribution is 5.79. The van der Waals surface area contributed by atoms with Crippen molar-refractivity contribution in [1.82, 2.24) is 10.6 Å². The Morgan fingerprint density at radius 2 is 2.15 bits per heavy atom. The predicted octanol–water partition coefficient (Wildman–Crippen LogP) is 2.48. The van der Waals surface area contributed by atoms with Gasteiger partial charge in [0.2, 0.25) is 0 Å². The van der Waals surface area contributed by atoms with Crippen molar-refractivity contribution in [3.63, 3.8) is 0 Å². The summed E-state index contributed by atoms with van der Waals surface area (Å²) < 4.78 is 5.71. The van der Waals surface area contributed by atoms with Gasteiger partial charge >= 0.3 is 0 Å². The third-order valence-corrected chi connectivity index (χ3v) is 3.57. The maximum Gasteiger partial charge on any atom is 0.191 e. The molecule has 0 aliphatic heterocycles. The Morgan fingerprint density at radius 1 is 1.35 bits per heavy atom. The molecule has 4 heteroatoms. The second kappa shape index (κ2) is 7.78. The SMILES string of the molecule is CN=C(NCCOc1cccc(C)c1)NC1CCCC1. The number of aryl methyl sites for hydroxylation is 1. The molecule has 1 aliphatic rings. The van der Waals surface area contributed by atoms with Crippen molar-refractivity contribution in [1.29, 1.82) is 0 Å². The Hall–Kier alpha value is -1.71. The van der Waals surface area contributed by atoms with Gasteiger partial charge in [-0.15, -0.1) is 0 Å². The molecule has 0 spiro atoms. The van der Waals surface area contributed by atoms with Gasteiger partial charge in [0.15, 0.2) is 5.96 Å². The first-order chi connectivity index (χ1) is 9.78. The van der Waals surface area contributed by atoms with Crippen molar-refractivity contribution in [3.05, 3.63) is 29.8 Å². The maximum atomic E-state index is 5.71. The highest BCUT2D eigenvalue weighted by atomic mass is 16.5. The van der Waals surface area contributed by atoms with E-state index >= 15 is 0 Å². The number of hydrogen-bond acceptors (Lipinski definition) is 2. The Labute approximate surface area is 121 Å². The summed E-state index contributed by atoms with van der Waals surface area (Å²) in [4.78, 5) is 4.25. The number of rotatable bonds is 5. The van der Waals surface area contributed by atoms with E-state index in [-0.39, 0.29) is 0 Å². The lowest BCUT2D eigenvalue weighted by molar-refractivity contribution is 0.321. The molecule has 0 bridgehead atoms. The molecular weight excluding hydrogens is 250 g/mol. The van der Waals surface area contributed by atoms with E-state index in [1.54, 1.807) is 0 Å². The third-order valence-electron chi connectivity index (χ3n) is 3.57. The third kappa shape index (κ3) is 4.76. The average molecular weight is 275 g/mol. The molecule has 0 heterocycles. The number of benzene rings is 1. The van der Waals surface area contributed by atoms with Crippen molar-refractivity contribution < 1.29 is 4.74 Å². The van der Waals surface area contributed by atoms with Crippen molar-refractivity contribution >= 4 is 5.96 Å². The number of nitrogens with zero attached hydrogens (tertiary/aromatic N) is 1. The molecule has 0 aromatic heterocycles. The van der Waals surface area contributed by atoms with Crippen molar-refractivity contribution in [2.75, 3.05) is 20.2 Å². The largest absolute Gasteiger partial charge is 0.492 e. The summed E-state index contributed by atoms with van der Waals surface area (Å²) in [5.41, 5.74) is 1.22. The van der Waals surface area contributed by atoms with Gasteiger partial charge in [-0.1, -0.05) is 25.0 Å². The van der Waals surface area contributed by atoms with Gasteiger partial charge in [0.1, 0.15) is 12.4 Å². The van der Waals surface area contributed by atoms with Crippen LogP contribution in [0.2, 0.25) is 0 Å². The molecule has 4 nitrogen and oxygen atoms in total. The zero-order chi connectivity index (χ0) is 14.2. The molecule has 110 valence electrons. The smallest absolute Gasteiger partial charge is 0.191 e. The van der Waals surface area contributed by atoms with Crippen LogP contribution in [-0.4, -0.2) is 32.2 Å². The van der Waals surface area contributed by atoms with Crippen LogP contribution in [0.1, 0.15) is 31.2 Å². The van der Waals surface area contributed by atoms with E-state index in [2.05, 4.69) is 28.6 Å². The molecule has 0 unspecified atom stereocenters. The Morgan fingerprint density at radius 3 is 2.85 bits per heavy atom. The van der Waals surface area contributed by atoms with Crippen LogP contribution in [0.5, 0.6) is 5.75 Å². The molecule has 1 aromatic rings. The van der Waals surface area contributed by atoms with Gasteiger partial charge in [0, 0.05) is 13.1 Å². The van der Waals surface area contributed by atoms with E-state index in [1.807, 2.05) is 25.2 Å².